The van der Waals surface area contributed by atoms with E-state index >= 15 is 0 Å². The zero-order chi connectivity index (χ0) is 10.6. The molecule has 0 fully saturated rings. The molecule has 1 aromatic rings. The zero-order valence-electron chi connectivity index (χ0n) is 9.04. The molecular weight excluding hydrogens is 174 g/mol. The van der Waals surface area contributed by atoms with E-state index in [0.29, 0.717) is 0 Å². The van der Waals surface area contributed by atoms with Gasteiger partial charge in [-0.1, -0.05) is 0 Å². The van der Waals surface area contributed by atoms with Gasteiger partial charge in [-0.05, 0) is 20.3 Å². The fraction of sp³-hybridized carbons (Fsp3) is 0.545. The van der Waals surface area contributed by atoms with Crippen molar-refractivity contribution in [1.29, 1.82) is 0 Å². The molecule has 0 amide bonds. The molecule has 3 nitrogen and oxygen atoms in total. The summed E-state index contributed by atoms with van der Waals surface area (Å²) in [5, 5.41) is 4.26. The predicted molar refractivity (Wildman–Crippen MR) is 57.6 cm³/mol. The Morgan fingerprint density at radius 1 is 1.64 bits per heavy atom. The van der Waals surface area contributed by atoms with Crippen LogP contribution in [-0.2, 0) is 7.05 Å². The van der Waals surface area contributed by atoms with Crippen LogP contribution < -0.4 is 5.73 Å². The summed E-state index contributed by atoms with van der Waals surface area (Å²) in [4.78, 5) is 0. The first-order chi connectivity index (χ1) is 6.65. The Morgan fingerprint density at radius 2 is 2.36 bits per heavy atom. The second-order valence-corrected chi connectivity index (χ2v) is 3.42. The Morgan fingerprint density at radius 3 is 2.86 bits per heavy atom. The van der Waals surface area contributed by atoms with Crippen molar-refractivity contribution in [3.8, 4) is 11.8 Å². The topological polar surface area (TPSA) is 43.8 Å². The number of nitrogens with two attached hydrogens (primary N) is 1. The van der Waals surface area contributed by atoms with Crippen molar-refractivity contribution >= 4 is 0 Å². The predicted octanol–water partition coefficient (Wildman–Crippen LogP) is 1.53. The third-order valence-corrected chi connectivity index (χ3v) is 2.21. The van der Waals surface area contributed by atoms with Crippen LogP contribution in [0.4, 0.5) is 0 Å². The quantitative estimate of drug-likeness (QED) is 0.736. The summed E-state index contributed by atoms with van der Waals surface area (Å²) < 4.78 is 1.80. The highest BCUT2D eigenvalue weighted by molar-refractivity contribution is 5.19. The van der Waals surface area contributed by atoms with E-state index in [4.69, 9.17) is 5.73 Å². The van der Waals surface area contributed by atoms with Crippen molar-refractivity contribution in [3.63, 3.8) is 0 Å². The van der Waals surface area contributed by atoms with E-state index in [0.717, 1.165) is 24.1 Å². The Labute approximate surface area is 85.3 Å². The van der Waals surface area contributed by atoms with Gasteiger partial charge < -0.3 is 5.73 Å². The van der Waals surface area contributed by atoms with Gasteiger partial charge in [0, 0.05) is 31.3 Å². The van der Waals surface area contributed by atoms with Crippen molar-refractivity contribution in [2.24, 2.45) is 12.8 Å². The summed E-state index contributed by atoms with van der Waals surface area (Å²) in [7, 11) is 1.91. The molecule has 0 aliphatic rings. The number of hydrogen-bond donors (Lipinski definition) is 1. The minimum atomic E-state index is 0.0598. The molecule has 0 bridgehead atoms. The van der Waals surface area contributed by atoms with Crippen LogP contribution in [-0.4, -0.2) is 9.78 Å². The number of aryl methyl sites for hydroxylation is 2. The first-order valence-electron chi connectivity index (χ1n) is 4.80. The van der Waals surface area contributed by atoms with Gasteiger partial charge in [-0.3, -0.25) is 4.68 Å². The Kier molecular flexibility index (Phi) is 3.73. The Balaban J connectivity index is 2.62. The fourth-order valence-electron chi connectivity index (χ4n) is 1.49. The molecule has 0 saturated carbocycles. The van der Waals surface area contributed by atoms with Crippen LogP contribution in [0.2, 0.25) is 0 Å². The molecule has 14 heavy (non-hydrogen) atoms. The van der Waals surface area contributed by atoms with E-state index in [1.54, 1.807) is 4.68 Å². The van der Waals surface area contributed by atoms with E-state index in [9.17, 15) is 0 Å². The molecule has 3 heteroatoms. The first-order valence-corrected chi connectivity index (χ1v) is 4.80. The summed E-state index contributed by atoms with van der Waals surface area (Å²) in [6.45, 7) is 3.83. The highest BCUT2D eigenvalue weighted by Crippen LogP contribution is 2.17. The van der Waals surface area contributed by atoms with Crippen molar-refractivity contribution in [1.82, 2.24) is 9.78 Å². The minimum absolute atomic E-state index is 0.0598. The maximum Gasteiger partial charge on any atom is 0.0641 e. The van der Waals surface area contributed by atoms with E-state index < -0.39 is 0 Å². The maximum atomic E-state index is 6.03. The van der Waals surface area contributed by atoms with E-state index in [1.807, 2.05) is 27.1 Å². The summed E-state index contributed by atoms with van der Waals surface area (Å²) in [6.07, 6.45) is 3.73. The molecule has 1 unspecified atom stereocenters. The van der Waals surface area contributed by atoms with Gasteiger partial charge in [-0.25, -0.2) is 0 Å². The average Bonchev–Trinajstić information content (AvgIpc) is 2.45. The van der Waals surface area contributed by atoms with Crippen molar-refractivity contribution < 1.29 is 0 Å². The lowest BCUT2D eigenvalue weighted by molar-refractivity contribution is 0.663. The van der Waals surface area contributed by atoms with Crippen LogP contribution in [0.1, 0.15) is 37.1 Å². The molecule has 0 radical (unpaired) electrons. The van der Waals surface area contributed by atoms with Crippen LogP contribution in [0.5, 0.6) is 0 Å². The maximum absolute atomic E-state index is 6.03. The summed E-state index contributed by atoms with van der Waals surface area (Å²) in [5.41, 5.74) is 8.18. The average molecular weight is 191 g/mol. The van der Waals surface area contributed by atoms with Gasteiger partial charge in [0.05, 0.1) is 5.69 Å². The van der Waals surface area contributed by atoms with Crippen LogP contribution in [0, 0.1) is 18.8 Å². The second-order valence-electron chi connectivity index (χ2n) is 3.42. The number of rotatable bonds is 3. The lowest BCUT2D eigenvalue weighted by Gasteiger charge is -2.07. The largest absolute Gasteiger partial charge is 0.324 e. The number of aromatic nitrogens is 2. The molecule has 76 valence electrons. The molecule has 0 aromatic carbocycles. The van der Waals surface area contributed by atoms with Gasteiger partial charge >= 0.3 is 0 Å². The molecule has 0 aliphatic heterocycles. The molecular formula is C11H17N3. The normalized spacial score (nSPS) is 12.0. The molecule has 1 heterocycles. The smallest absolute Gasteiger partial charge is 0.0641 e. The van der Waals surface area contributed by atoms with Crippen LogP contribution in [0.3, 0.4) is 0 Å². The fourth-order valence-corrected chi connectivity index (χ4v) is 1.49. The number of hydrogen-bond acceptors (Lipinski definition) is 2. The minimum Gasteiger partial charge on any atom is -0.324 e. The summed E-state index contributed by atoms with van der Waals surface area (Å²) in [6, 6.07) is 0.0598. The lowest BCUT2D eigenvalue weighted by Crippen LogP contribution is -2.10. The van der Waals surface area contributed by atoms with Gasteiger partial charge in [-0.15, -0.1) is 11.8 Å². The number of nitrogens with zero attached hydrogens (tertiary/aromatic N) is 2. The third kappa shape index (κ3) is 2.61. The molecule has 2 N–H and O–H groups in total. The van der Waals surface area contributed by atoms with Gasteiger partial charge in [0.15, 0.2) is 0 Å². The van der Waals surface area contributed by atoms with Crippen molar-refractivity contribution in [3.05, 3.63) is 17.5 Å². The zero-order valence-corrected chi connectivity index (χ0v) is 9.04. The van der Waals surface area contributed by atoms with Gasteiger partial charge in [0.2, 0.25) is 0 Å². The summed E-state index contributed by atoms with van der Waals surface area (Å²) in [5.74, 6) is 5.89. The van der Waals surface area contributed by atoms with E-state index in [2.05, 4.69) is 16.9 Å². The van der Waals surface area contributed by atoms with Gasteiger partial charge in [0.1, 0.15) is 0 Å². The Bertz CT molecular complexity index is 354. The van der Waals surface area contributed by atoms with Crippen LogP contribution >= 0.6 is 0 Å². The lowest BCUT2D eigenvalue weighted by atomic mass is 10.0. The molecule has 0 saturated heterocycles. The van der Waals surface area contributed by atoms with E-state index in [-0.39, 0.29) is 6.04 Å². The molecule has 0 spiro atoms. The van der Waals surface area contributed by atoms with Gasteiger partial charge in [-0.2, -0.15) is 5.10 Å². The molecule has 1 rings (SSSR count). The van der Waals surface area contributed by atoms with Crippen molar-refractivity contribution in [2.75, 3.05) is 0 Å². The van der Waals surface area contributed by atoms with Crippen LogP contribution in [0.25, 0.3) is 0 Å². The van der Waals surface area contributed by atoms with E-state index in [1.165, 1.54) is 0 Å². The molecule has 1 atom stereocenters. The SMILES string of the molecule is CC#CCCC(N)c1cn(C)nc1C. The molecule has 1 aromatic heterocycles. The standard InChI is InChI=1S/C11H17N3/c1-4-5-6-7-11(12)10-8-14(3)13-9(10)2/h8,11H,6-7,12H2,1-3H3. The monoisotopic (exact) mass is 191 g/mol. The van der Waals surface area contributed by atoms with Crippen molar-refractivity contribution in [2.45, 2.75) is 32.7 Å². The highest BCUT2D eigenvalue weighted by Gasteiger charge is 2.10. The highest BCUT2D eigenvalue weighted by atomic mass is 15.2. The molecule has 0 aliphatic carbocycles. The first kappa shape index (κ1) is 10.8. The summed E-state index contributed by atoms with van der Waals surface area (Å²) >= 11 is 0. The second kappa shape index (κ2) is 4.83. The Hall–Kier alpha value is -1.27. The van der Waals surface area contributed by atoms with Crippen LogP contribution in [0.15, 0.2) is 6.20 Å². The third-order valence-electron chi connectivity index (χ3n) is 2.21. The van der Waals surface area contributed by atoms with Gasteiger partial charge in [0.25, 0.3) is 0 Å².